The number of carbonyl (C=O) groups excluding carboxylic acids is 1. The minimum Gasteiger partial charge on any atom is -0.476 e. The first-order valence-electron chi connectivity index (χ1n) is 6.46. The van der Waals surface area contributed by atoms with E-state index in [9.17, 15) is 4.79 Å². The van der Waals surface area contributed by atoms with E-state index in [2.05, 4.69) is 10.3 Å². The SMILES string of the molecule is CCOc1ncccc1NC(=O)N1CCO[C@H](C)C1. The fourth-order valence-corrected chi connectivity index (χ4v) is 1.93. The molecule has 1 N–H and O–H groups in total. The Labute approximate surface area is 112 Å². The van der Waals surface area contributed by atoms with Gasteiger partial charge in [0.2, 0.25) is 5.88 Å². The summed E-state index contributed by atoms with van der Waals surface area (Å²) in [6.07, 6.45) is 1.71. The summed E-state index contributed by atoms with van der Waals surface area (Å²) in [5.74, 6) is 0.444. The number of carbonyl (C=O) groups is 1. The summed E-state index contributed by atoms with van der Waals surface area (Å²) in [5, 5.41) is 2.83. The highest BCUT2D eigenvalue weighted by Crippen LogP contribution is 2.21. The summed E-state index contributed by atoms with van der Waals surface area (Å²) in [6, 6.07) is 3.39. The predicted octanol–water partition coefficient (Wildman–Crippen LogP) is 1.73. The quantitative estimate of drug-likeness (QED) is 0.904. The molecule has 0 aliphatic carbocycles. The van der Waals surface area contributed by atoms with Gasteiger partial charge >= 0.3 is 6.03 Å². The summed E-state index contributed by atoms with van der Waals surface area (Å²) >= 11 is 0. The summed E-state index contributed by atoms with van der Waals surface area (Å²) in [7, 11) is 0. The van der Waals surface area contributed by atoms with E-state index in [1.807, 2.05) is 13.8 Å². The molecule has 1 aliphatic heterocycles. The smallest absolute Gasteiger partial charge is 0.322 e. The molecule has 0 radical (unpaired) electrons. The molecule has 1 aliphatic rings. The fourth-order valence-electron chi connectivity index (χ4n) is 1.93. The fraction of sp³-hybridized carbons (Fsp3) is 0.538. The van der Waals surface area contributed by atoms with Gasteiger partial charge in [0, 0.05) is 19.3 Å². The number of hydrogen-bond donors (Lipinski definition) is 1. The van der Waals surface area contributed by atoms with Gasteiger partial charge in [-0.15, -0.1) is 0 Å². The van der Waals surface area contributed by atoms with E-state index >= 15 is 0 Å². The minimum absolute atomic E-state index is 0.0692. The predicted molar refractivity (Wildman–Crippen MR) is 71.4 cm³/mol. The average molecular weight is 265 g/mol. The molecule has 1 saturated heterocycles. The molecule has 0 unspecified atom stereocenters. The van der Waals surface area contributed by atoms with Gasteiger partial charge in [-0.1, -0.05) is 0 Å². The van der Waals surface area contributed by atoms with Gasteiger partial charge in [-0.05, 0) is 26.0 Å². The van der Waals surface area contributed by atoms with Crippen LogP contribution in [0, 0.1) is 0 Å². The average Bonchev–Trinajstić information content (AvgIpc) is 2.41. The number of nitrogens with zero attached hydrogens (tertiary/aromatic N) is 2. The molecule has 104 valence electrons. The van der Waals surface area contributed by atoms with Crippen LogP contribution in [0.4, 0.5) is 10.5 Å². The number of anilines is 1. The summed E-state index contributed by atoms with van der Waals surface area (Å²) in [6.45, 7) is 6.10. The lowest BCUT2D eigenvalue weighted by Crippen LogP contribution is -2.46. The number of rotatable bonds is 3. The largest absolute Gasteiger partial charge is 0.476 e. The monoisotopic (exact) mass is 265 g/mol. The van der Waals surface area contributed by atoms with E-state index in [0.29, 0.717) is 37.9 Å². The topological polar surface area (TPSA) is 63.7 Å². The molecule has 6 heteroatoms. The Morgan fingerprint density at radius 3 is 3.26 bits per heavy atom. The van der Waals surface area contributed by atoms with E-state index in [1.54, 1.807) is 23.2 Å². The number of urea groups is 1. The third-order valence-corrected chi connectivity index (χ3v) is 2.82. The second-order valence-electron chi connectivity index (χ2n) is 4.35. The first kappa shape index (κ1) is 13.6. The number of amides is 2. The van der Waals surface area contributed by atoms with Crippen molar-refractivity contribution in [3.05, 3.63) is 18.3 Å². The van der Waals surface area contributed by atoms with Crippen LogP contribution in [0.25, 0.3) is 0 Å². The molecular weight excluding hydrogens is 246 g/mol. The van der Waals surface area contributed by atoms with Crippen LogP contribution in [0.15, 0.2) is 18.3 Å². The first-order valence-corrected chi connectivity index (χ1v) is 6.46. The molecule has 0 saturated carbocycles. The van der Waals surface area contributed by atoms with Gasteiger partial charge in [0.15, 0.2) is 0 Å². The molecule has 1 atom stereocenters. The molecule has 1 aromatic rings. The summed E-state index contributed by atoms with van der Waals surface area (Å²) in [5.41, 5.74) is 0.591. The Morgan fingerprint density at radius 2 is 2.53 bits per heavy atom. The second kappa shape index (κ2) is 6.38. The Kier molecular flexibility index (Phi) is 4.57. The van der Waals surface area contributed by atoms with Crippen LogP contribution in [0.3, 0.4) is 0 Å². The van der Waals surface area contributed by atoms with Crippen molar-refractivity contribution in [3.63, 3.8) is 0 Å². The Balaban J connectivity index is 2.02. The molecule has 2 rings (SSSR count). The van der Waals surface area contributed by atoms with Gasteiger partial charge in [0.05, 0.1) is 19.3 Å². The van der Waals surface area contributed by atoms with Crippen LogP contribution >= 0.6 is 0 Å². The number of morpholine rings is 1. The molecule has 0 spiro atoms. The number of aromatic nitrogens is 1. The van der Waals surface area contributed by atoms with Crippen molar-refractivity contribution in [2.24, 2.45) is 0 Å². The summed E-state index contributed by atoms with van der Waals surface area (Å²) < 4.78 is 10.8. The lowest BCUT2D eigenvalue weighted by molar-refractivity contribution is -0.00139. The highest BCUT2D eigenvalue weighted by atomic mass is 16.5. The highest BCUT2D eigenvalue weighted by Gasteiger charge is 2.22. The molecule has 0 aromatic carbocycles. The normalized spacial score (nSPS) is 19.1. The van der Waals surface area contributed by atoms with Gasteiger partial charge in [-0.3, -0.25) is 0 Å². The highest BCUT2D eigenvalue weighted by molar-refractivity contribution is 5.90. The van der Waals surface area contributed by atoms with Crippen LogP contribution in [0.5, 0.6) is 5.88 Å². The lowest BCUT2D eigenvalue weighted by Gasteiger charge is -2.31. The lowest BCUT2D eigenvalue weighted by atomic mass is 10.3. The zero-order chi connectivity index (χ0) is 13.7. The molecule has 0 bridgehead atoms. The van der Waals surface area contributed by atoms with Crippen molar-refractivity contribution in [1.29, 1.82) is 0 Å². The van der Waals surface area contributed by atoms with E-state index in [1.165, 1.54) is 0 Å². The maximum absolute atomic E-state index is 12.1. The van der Waals surface area contributed by atoms with Crippen LogP contribution in [0.1, 0.15) is 13.8 Å². The zero-order valence-electron chi connectivity index (χ0n) is 11.3. The Morgan fingerprint density at radius 1 is 1.68 bits per heavy atom. The molecule has 2 heterocycles. The standard InChI is InChI=1S/C13H19N3O3/c1-3-18-12-11(5-4-6-14-12)15-13(17)16-7-8-19-10(2)9-16/h4-6,10H,3,7-9H2,1-2H3,(H,15,17)/t10-/m1/s1. The van der Waals surface area contributed by atoms with Crippen LogP contribution in [-0.2, 0) is 4.74 Å². The number of nitrogens with one attached hydrogen (secondary N) is 1. The third kappa shape index (κ3) is 3.57. The van der Waals surface area contributed by atoms with Gasteiger partial charge in [-0.25, -0.2) is 9.78 Å². The van der Waals surface area contributed by atoms with Crippen molar-refractivity contribution in [2.75, 3.05) is 31.6 Å². The maximum Gasteiger partial charge on any atom is 0.322 e. The minimum atomic E-state index is -0.149. The molecule has 1 fully saturated rings. The van der Waals surface area contributed by atoms with E-state index in [0.717, 1.165) is 0 Å². The van der Waals surface area contributed by atoms with Crippen LogP contribution in [0.2, 0.25) is 0 Å². The first-order chi connectivity index (χ1) is 9.20. The van der Waals surface area contributed by atoms with Gasteiger partial charge in [0.1, 0.15) is 5.69 Å². The van der Waals surface area contributed by atoms with E-state index < -0.39 is 0 Å². The molecular formula is C13H19N3O3. The number of ether oxygens (including phenoxy) is 2. The zero-order valence-corrected chi connectivity index (χ0v) is 11.3. The van der Waals surface area contributed by atoms with Crippen molar-refractivity contribution in [1.82, 2.24) is 9.88 Å². The summed E-state index contributed by atoms with van der Waals surface area (Å²) in [4.78, 5) is 18.0. The van der Waals surface area contributed by atoms with Gasteiger partial charge < -0.3 is 19.7 Å². The Hall–Kier alpha value is -1.82. The van der Waals surface area contributed by atoms with Crippen molar-refractivity contribution in [2.45, 2.75) is 20.0 Å². The molecule has 1 aromatic heterocycles. The maximum atomic E-state index is 12.1. The molecule has 6 nitrogen and oxygen atoms in total. The molecule has 19 heavy (non-hydrogen) atoms. The van der Waals surface area contributed by atoms with Crippen molar-refractivity contribution in [3.8, 4) is 5.88 Å². The van der Waals surface area contributed by atoms with Crippen molar-refractivity contribution >= 4 is 11.7 Å². The van der Waals surface area contributed by atoms with Crippen LogP contribution in [-0.4, -0.2) is 48.3 Å². The van der Waals surface area contributed by atoms with E-state index in [-0.39, 0.29) is 12.1 Å². The van der Waals surface area contributed by atoms with Gasteiger partial charge in [0.25, 0.3) is 0 Å². The number of hydrogen-bond acceptors (Lipinski definition) is 4. The van der Waals surface area contributed by atoms with Crippen LogP contribution < -0.4 is 10.1 Å². The Bertz CT molecular complexity index is 439. The third-order valence-electron chi connectivity index (χ3n) is 2.82. The number of pyridine rings is 1. The van der Waals surface area contributed by atoms with E-state index in [4.69, 9.17) is 9.47 Å². The van der Waals surface area contributed by atoms with Gasteiger partial charge in [-0.2, -0.15) is 0 Å². The second-order valence-corrected chi connectivity index (χ2v) is 4.35. The molecule has 2 amide bonds. The van der Waals surface area contributed by atoms with Crippen molar-refractivity contribution < 1.29 is 14.3 Å².